The van der Waals surface area contributed by atoms with Gasteiger partial charge in [-0.25, -0.2) is 0 Å². The van der Waals surface area contributed by atoms with Crippen molar-refractivity contribution in [3.8, 4) is 5.75 Å². The molecule has 1 amide bonds. The van der Waals surface area contributed by atoms with Crippen LogP contribution in [0.1, 0.15) is 36.2 Å². The summed E-state index contributed by atoms with van der Waals surface area (Å²) in [7, 11) is 0. The van der Waals surface area contributed by atoms with Gasteiger partial charge in [0.15, 0.2) is 0 Å². The summed E-state index contributed by atoms with van der Waals surface area (Å²) in [4.78, 5) is 14.2. The minimum atomic E-state index is -0.0924. The fraction of sp³-hybridized carbons (Fsp3) is 0.429. The number of likely N-dealkylation sites (tertiary alicyclic amines) is 1. The monoisotopic (exact) mass is 365 g/mol. The largest absolute Gasteiger partial charge is 0.490 e. The highest BCUT2D eigenvalue weighted by atomic mass is 16.5. The quantitative estimate of drug-likeness (QED) is 0.691. The van der Waals surface area contributed by atoms with Crippen molar-refractivity contribution >= 4 is 16.8 Å². The highest BCUT2D eigenvalue weighted by molar-refractivity contribution is 5.91. The third kappa shape index (κ3) is 3.31. The Morgan fingerprint density at radius 1 is 1.15 bits per heavy atom. The van der Waals surface area contributed by atoms with E-state index < -0.39 is 0 Å². The minimum Gasteiger partial charge on any atom is -0.490 e. The van der Waals surface area contributed by atoms with Gasteiger partial charge in [0.05, 0.1) is 11.7 Å². The molecule has 27 heavy (non-hydrogen) atoms. The molecule has 3 aromatic rings. The molecule has 140 valence electrons. The van der Waals surface area contributed by atoms with Crippen molar-refractivity contribution in [2.75, 3.05) is 13.1 Å². The van der Waals surface area contributed by atoms with Crippen LogP contribution in [0.25, 0.3) is 10.9 Å². The summed E-state index contributed by atoms with van der Waals surface area (Å²) in [5, 5.41) is 4.79. The molecule has 1 saturated carbocycles. The van der Waals surface area contributed by atoms with Gasteiger partial charge in [-0.1, -0.05) is 11.2 Å². The van der Waals surface area contributed by atoms with Gasteiger partial charge in [0, 0.05) is 50.1 Å². The van der Waals surface area contributed by atoms with Crippen molar-refractivity contribution in [1.29, 1.82) is 0 Å². The molecule has 0 atom stereocenters. The molecule has 0 N–H and O–H groups in total. The molecule has 2 aliphatic rings. The van der Waals surface area contributed by atoms with Crippen LogP contribution >= 0.6 is 0 Å². The Hall–Kier alpha value is -2.76. The van der Waals surface area contributed by atoms with E-state index in [0.717, 1.165) is 31.1 Å². The lowest BCUT2D eigenvalue weighted by atomic mass is 10.1. The number of fused-ring (bicyclic) bond motifs is 1. The number of aromatic nitrogens is 2. The summed E-state index contributed by atoms with van der Waals surface area (Å²) < 4.78 is 13.7. The van der Waals surface area contributed by atoms with Crippen molar-refractivity contribution in [2.45, 2.75) is 38.3 Å². The van der Waals surface area contributed by atoms with E-state index in [0.29, 0.717) is 18.8 Å². The van der Waals surface area contributed by atoms with Gasteiger partial charge >= 0.3 is 0 Å². The Kier molecular flexibility index (Phi) is 4.11. The van der Waals surface area contributed by atoms with Crippen LogP contribution in [0.2, 0.25) is 0 Å². The predicted octanol–water partition coefficient (Wildman–Crippen LogP) is 3.72. The molecule has 1 aliphatic heterocycles. The molecule has 0 bridgehead atoms. The van der Waals surface area contributed by atoms with Crippen LogP contribution in [0, 0.1) is 5.92 Å². The average Bonchev–Trinajstić information content (AvgIpc) is 3.17. The highest BCUT2D eigenvalue weighted by Gasteiger charge is 2.27. The number of rotatable bonds is 5. The van der Waals surface area contributed by atoms with E-state index >= 15 is 0 Å². The van der Waals surface area contributed by atoms with Crippen LogP contribution in [0.4, 0.5) is 0 Å². The maximum absolute atomic E-state index is 12.3. The third-order valence-corrected chi connectivity index (χ3v) is 5.60. The van der Waals surface area contributed by atoms with Crippen molar-refractivity contribution in [2.24, 2.45) is 5.92 Å². The Labute approximate surface area is 157 Å². The second-order valence-corrected chi connectivity index (χ2v) is 7.59. The number of hydrogen-bond donors (Lipinski definition) is 0. The molecule has 1 aliphatic carbocycles. The molecule has 2 fully saturated rings. The fourth-order valence-electron chi connectivity index (χ4n) is 3.87. The SMILES string of the molecule is O=C(c1ccno1)N1CCC(Oc2cccc3c2ccn3CC2CC2)CC1. The second kappa shape index (κ2) is 6.76. The molecule has 3 heterocycles. The number of ether oxygens (including phenoxy) is 1. The Balaban J connectivity index is 1.25. The van der Waals surface area contributed by atoms with Crippen molar-refractivity contribution in [3.63, 3.8) is 0 Å². The lowest BCUT2D eigenvalue weighted by Gasteiger charge is -2.31. The maximum atomic E-state index is 12.3. The van der Waals surface area contributed by atoms with Gasteiger partial charge in [0.25, 0.3) is 5.91 Å². The number of carbonyl (C=O) groups is 1. The van der Waals surface area contributed by atoms with Crippen LogP contribution in [0.5, 0.6) is 5.75 Å². The van der Waals surface area contributed by atoms with E-state index in [-0.39, 0.29) is 12.0 Å². The van der Waals surface area contributed by atoms with E-state index in [2.05, 4.69) is 40.2 Å². The van der Waals surface area contributed by atoms with Gasteiger partial charge in [-0.15, -0.1) is 0 Å². The smallest absolute Gasteiger partial charge is 0.292 e. The zero-order chi connectivity index (χ0) is 18.2. The number of benzene rings is 1. The summed E-state index contributed by atoms with van der Waals surface area (Å²) in [5.41, 5.74) is 1.25. The van der Waals surface area contributed by atoms with Gasteiger partial charge in [0.1, 0.15) is 11.9 Å². The van der Waals surface area contributed by atoms with Crippen molar-refractivity contribution in [3.05, 3.63) is 48.5 Å². The first kappa shape index (κ1) is 16.4. The van der Waals surface area contributed by atoms with Gasteiger partial charge in [-0.2, -0.15) is 0 Å². The molecule has 6 heteroatoms. The summed E-state index contributed by atoms with van der Waals surface area (Å²) >= 11 is 0. The van der Waals surface area contributed by atoms with Crippen LogP contribution < -0.4 is 4.74 Å². The zero-order valence-corrected chi connectivity index (χ0v) is 15.2. The molecular weight excluding hydrogens is 342 g/mol. The maximum Gasteiger partial charge on any atom is 0.292 e. The molecule has 6 nitrogen and oxygen atoms in total. The van der Waals surface area contributed by atoms with E-state index in [4.69, 9.17) is 9.26 Å². The standard InChI is InChI=1S/C21H23N3O3/c25-21(20-6-10-22-27-20)23-11-7-16(8-12-23)26-19-3-1-2-18-17(19)9-13-24(18)14-15-4-5-15/h1-3,6,9-10,13,15-16H,4-5,7-8,11-12,14H2. The Bertz CT molecular complexity index is 935. The Morgan fingerprint density at radius 3 is 2.74 bits per heavy atom. The first-order chi connectivity index (χ1) is 13.3. The van der Waals surface area contributed by atoms with Crippen LogP contribution in [0.15, 0.2) is 47.2 Å². The fourth-order valence-corrected chi connectivity index (χ4v) is 3.87. The van der Waals surface area contributed by atoms with Gasteiger partial charge < -0.3 is 18.7 Å². The van der Waals surface area contributed by atoms with Crippen LogP contribution in [0.3, 0.4) is 0 Å². The molecule has 5 rings (SSSR count). The van der Waals surface area contributed by atoms with E-state index in [9.17, 15) is 4.79 Å². The lowest BCUT2D eigenvalue weighted by molar-refractivity contribution is 0.0560. The van der Waals surface area contributed by atoms with Gasteiger partial charge in [-0.3, -0.25) is 4.79 Å². The molecular formula is C21H23N3O3. The van der Waals surface area contributed by atoms with Crippen molar-refractivity contribution < 1.29 is 14.1 Å². The average molecular weight is 365 g/mol. The van der Waals surface area contributed by atoms with Crippen LogP contribution in [-0.4, -0.2) is 39.7 Å². The molecule has 1 aromatic carbocycles. The normalized spacial score (nSPS) is 18.1. The molecule has 1 saturated heterocycles. The van der Waals surface area contributed by atoms with Gasteiger partial charge in [-0.05, 0) is 37.0 Å². The summed E-state index contributed by atoms with van der Waals surface area (Å²) in [6.07, 6.45) is 8.13. The number of piperidine rings is 1. The topological polar surface area (TPSA) is 60.5 Å². The molecule has 2 aromatic heterocycles. The number of amides is 1. The summed E-state index contributed by atoms with van der Waals surface area (Å²) in [6, 6.07) is 10.1. The first-order valence-electron chi connectivity index (χ1n) is 9.72. The summed E-state index contributed by atoms with van der Waals surface area (Å²) in [5.74, 6) is 2.00. The van der Waals surface area contributed by atoms with Crippen molar-refractivity contribution in [1.82, 2.24) is 14.6 Å². The van der Waals surface area contributed by atoms with Gasteiger partial charge in [0.2, 0.25) is 5.76 Å². The highest BCUT2D eigenvalue weighted by Crippen LogP contribution is 2.34. The predicted molar refractivity (Wildman–Crippen MR) is 101 cm³/mol. The zero-order valence-electron chi connectivity index (χ0n) is 15.2. The Morgan fingerprint density at radius 2 is 2.00 bits per heavy atom. The van der Waals surface area contributed by atoms with E-state index in [1.807, 2.05) is 4.90 Å². The van der Waals surface area contributed by atoms with E-state index in [1.165, 1.54) is 29.9 Å². The number of nitrogens with zero attached hydrogens (tertiary/aromatic N) is 3. The van der Waals surface area contributed by atoms with E-state index in [1.54, 1.807) is 6.07 Å². The second-order valence-electron chi connectivity index (χ2n) is 7.59. The minimum absolute atomic E-state index is 0.0924. The molecule has 0 spiro atoms. The number of carbonyl (C=O) groups excluding carboxylic acids is 1. The lowest BCUT2D eigenvalue weighted by Crippen LogP contribution is -2.41. The number of hydrogen-bond acceptors (Lipinski definition) is 4. The molecule has 0 unspecified atom stereocenters. The first-order valence-corrected chi connectivity index (χ1v) is 9.72. The third-order valence-electron chi connectivity index (χ3n) is 5.60. The molecule has 0 radical (unpaired) electrons. The summed E-state index contributed by atoms with van der Waals surface area (Å²) in [6.45, 7) is 2.45. The van der Waals surface area contributed by atoms with Crippen LogP contribution in [-0.2, 0) is 6.54 Å².